The van der Waals surface area contributed by atoms with Crippen molar-refractivity contribution in [1.29, 1.82) is 0 Å². The number of ether oxygens (including phenoxy) is 2. The predicted molar refractivity (Wildman–Crippen MR) is 141 cm³/mol. The lowest BCUT2D eigenvalue weighted by Gasteiger charge is -2.45. The number of methoxy groups -OCH3 is 1. The number of isocyanates is 1. The molecule has 0 bridgehead atoms. The number of nitrogens with zero attached hydrogens (tertiary/aromatic N) is 4. The first-order chi connectivity index (χ1) is 18.1. The number of aromatic nitrogens is 2. The highest BCUT2D eigenvalue weighted by molar-refractivity contribution is 5.89. The largest absolute Gasteiger partial charge is 0.497 e. The van der Waals surface area contributed by atoms with Crippen LogP contribution >= 0.6 is 0 Å². The molecule has 10 heteroatoms. The summed E-state index contributed by atoms with van der Waals surface area (Å²) in [5.41, 5.74) is 2.43. The van der Waals surface area contributed by atoms with Gasteiger partial charge in [0, 0.05) is 25.1 Å². The molecule has 0 radical (unpaired) electrons. The molecule has 1 fully saturated rings. The van der Waals surface area contributed by atoms with Crippen molar-refractivity contribution in [1.82, 2.24) is 20.0 Å². The number of urea groups is 1. The Kier molecular flexibility index (Phi) is 7.92. The van der Waals surface area contributed by atoms with Crippen molar-refractivity contribution in [3.63, 3.8) is 0 Å². The van der Waals surface area contributed by atoms with Crippen molar-refractivity contribution in [2.45, 2.75) is 66.0 Å². The minimum Gasteiger partial charge on any atom is -0.497 e. The van der Waals surface area contributed by atoms with Crippen LogP contribution in [0, 0.1) is 10.8 Å². The summed E-state index contributed by atoms with van der Waals surface area (Å²) in [6, 6.07) is 7.17. The van der Waals surface area contributed by atoms with Crippen molar-refractivity contribution >= 4 is 18.1 Å². The van der Waals surface area contributed by atoms with E-state index in [0.717, 1.165) is 36.4 Å². The van der Waals surface area contributed by atoms with Crippen LogP contribution in [-0.4, -0.2) is 65.6 Å². The third kappa shape index (κ3) is 5.91. The van der Waals surface area contributed by atoms with Crippen molar-refractivity contribution in [2.24, 2.45) is 15.8 Å². The summed E-state index contributed by atoms with van der Waals surface area (Å²) in [6.07, 6.45) is 4.72. The van der Waals surface area contributed by atoms with Crippen LogP contribution in [-0.2, 0) is 22.5 Å². The van der Waals surface area contributed by atoms with E-state index in [-0.39, 0.29) is 41.7 Å². The van der Waals surface area contributed by atoms with Gasteiger partial charge in [0.15, 0.2) is 5.69 Å². The number of carbonyl (C=O) groups is 2. The van der Waals surface area contributed by atoms with E-state index in [1.165, 1.54) is 0 Å². The SMILES string of the molecule is CCOC(=O)c1nn(-c2ccc(OC)cc2)c2c1CN(C(=O)NCC1(C)CC(N=C=O)CC(C)(C)C1)CC2. The van der Waals surface area contributed by atoms with Crippen LogP contribution in [0.3, 0.4) is 0 Å². The highest BCUT2D eigenvalue weighted by Crippen LogP contribution is 2.46. The van der Waals surface area contributed by atoms with Gasteiger partial charge in [0.25, 0.3) is 0 Å². The van der Waals surface area contributed by atoms with Crippen molar-refractivity contribution in [3.8, 4) is 11.4 Å². The Morgan fingerprint density at radius 3 is 2.61 bits per heavy atom. The van der Waals surface area contributed by atoms with Crippen LogP contribution in [0.5, 0.6) is 5.75 Å². The molecule has 1 saturated carbocycles. The lowest BCUT2D eigenvalue weighted by atomic mass is 9.63. The molecule has 2 unspecified atom stereocenters. The molecule has 2 atom stereocenters. The average molecular weight is 524 g/mol. The normalized spacial score (nSPS) is 22.1. The second-order valence-electron chi connectivity index (χ2n) is 11.4. The van der Waals surface area contributed by atoms with E-state index in [0.29, 0.717) is 25.1 Å². The molecule has 1 aromatic heterocycles. The summed E-state index contributed by atoms with van der Waals surface area (Å²) in [5.74, 6) is 0.222. The van der Waals surface area contributed by atoms with Crippen LogP contribution < -0.4 is 10.1 Å². The molecule has 0 saturated heterocycles. The van der Waals surface area contributed by atoms with Gasteiger partial charge in [-0.25, -0.2) is 24.1 Å². The van der Waals surface area contributed by atoms with Gasteiger partial charge < -0.3 is 19.7 Å². The highest BCUT2D eigenvalue weighted by Gasteiger charge is 2.42. The molecule has 1 aromatic carbocycles. The maximum Gasteiger partial charge on any atom is 0.359 e. The van der Waals surface area contributed by atoms with Gasteiger partial charge in [-0.1, -0.05) is 20.8 Å². The van der Waals surface area contributed by atoms with Crippen LogP contribution in [0.2, 0.25) is 0 Å². The first-order valence-corrected chi connectivity index (χ1v) is 13.1. The first-order valence-electron chi connectivity index (χ1n) is 13.1. The Bertz CT molecular complexity index is 1230. The topological polar surface area (TPSA) is 115 Å². The quantitative estimate of drug-likeness (QED) is 0.333. The van der Waals surface area contributed by atoms with Crippen molar-refractivity contribution < 1.29 is 23.9 Å². The molecule has 2 heterocycles. The summed E-state index contributed by atoms with van der Waals surface area (Å²) < 4.78 is 12.3. The Hall–Kier alpha value is -3.65. The predicted octanol–water partition coefficient (Wildman–Crippen LogP) is 4.05. The molecule has 2 amide bonds. The molecular weight excluding hydrogens is 486 g/mol. The number of hydrogen-bond donors (Lipinski definition) is 1. The lowest BCUT2D eigenvalue weighted by Crippen LogP contribution is -2.49. The second-order valence-corrected chi connectivity index (χ2v) is 11.4. The fourth-order valence-corrected chi connectivity index (χ4v) is 6.17. The van der Waals surface area contributed by atoms with Gasteiger partial charge in [-0.05, 0) is 61.3 Å². The van der Waals surface area contributed by atoms with Gasteiger partial charge in [0.2, 0.25) is 6.08 Å². The summed E-state index contributed by atoms with van der Waals surface area (Å²) >= 11 is 0. The summed E-state index contributed by atoms with van der Waals surface area (Å²) in [4.78, 5) is 42.7. The van der Waals surface area contributed by atoms with Gasteiger partial charge in [-0.15, -0.1) is 0 Å². The summed E-state index contributed by atoms with van der Waals surface area (Å²) in [5, 5.41) is 7.71. The summed E-state index contributed by atoms with van der Waals surface area (Å²) in [7, 11) is 1.61. The molecule has 1 aliphatic heterocycles. The van der Waals surface area contributed by atoms with Crippen LogP contribution in [0.15, 0.2) is 29.3 Å². The number of fused-ring (bicyclic) bond motifs is 1. The fourth-order valence-electron chi connectivity index (χ4n) is 6.17. The number of amides is 2. The van der Waals surface area contributed by atoms with Crippen molar-refractivity contribution in [3.05, 3.63) is 41.2 Å². The summed E-state index contributed by atoms with van der Waals surface area (Å²) in [6.45, 7) is 9.67. The van der Waals surface area contributed by atoms with Gasteiger partial charge in [0.1, 0.15) is 5.75 Å². The van der Waals surface area contributed by atoms with Gasteiger partial charge in [0.05, 0.1) is 37.7 Å². The molecular formula is C28H37N5O5. The van der Waals surface area contributed by atoms with Crippen LogP contribution in [0.25, 0.3) is 5.69 Å². The monoisotopic (exact) mass is 523 g/mol. The fraction of sp³-hybridized carbons (Fsp3) is 0.571. The van der Waals surface area contributed by atoms with E-state index in [2.05, 4.69) is 36.2 Å². The maximum absolute atomic E-state index is 13.3. The molecule has 2 aromatic rings. The second kappa shape index (κ2) is 11.0. The Morgan fingerprint density at radius 2 is 1.95 bits per heavy atom. The first kappa shape index (κ1) is 27.4. The third-order valence-corrected chi connectivity index (χ3v) is 7.45. The minimum atomic E-state index is -0.503. The zero-order valence-electron chi connectivity index (χ0n) is 22.9. The Balaban J connectivity index is 1.52. The van der Waals surface area contributed by atoms with E-state index < -0.39 is 5.97 Å². The van der Waals surface area contributed by atoms with E-state index in [1.54, 1.807) is 29.7 Å². The Labute approximate surface area is 223 Å². The molecule has 4 rings (SSSR count). The number of aliphatic imine (C=N–C) groups is 1. The maximum atomic E-state index is 13.3. The lowest BCUT2D eigenvalue weighted by molar-refractivity contribution is 0.0516. The number of hydrogen-bond acceptors (Lipinski definition) is 7. The van der Waals surface area contributed by atoms with Gasteiger partial charge >= 0.3 is 12.0 Å². The molecule has 2 aliphatic rings. The number of esters is 1. The third-order valence-electron chi connectivity index (χ3n) is 7.45. The molecule has 1 N–H and O–H groups in total. The molecule has 204 valence electrons. The minimum absolute atomic E-state index is 0.00729. The van der Waals surface area contributed by atoms with Crippen molar-refractivity contribution in [2.75, 3.05) is 26.8 Å². The number of nitrogens with one attached hydrogen (secondary N) is 1. The zero-order chi connectivity index (χ0) is 27.5. The molecule has 0 spiro atoms. The van der Waals surface area contributed by atoms with Gasteiger partial charge in [-0.2, -0.15) is 5.10 Å². The van der Waals surface area contributed by atoms with E-state index in [4.69, 9.17) is 9.47 Å². The Morgan fingerprint density at radius 1 is 1.21 bits per heavy atom. The molecule has 1 aliphatic carbocycles. The highest BCUT2D eigenvalue weighted by atomic mass is 16.5. The van der Waals surface area contributed by atoms with E-state index in [9.17, 15) is 14.4 Å². The van der Waals surface area contributed by atoms with Crippen LogP contribution in [0.4, 0.5) is 4.79 Å². The number of rotatable bonds is 7. The van der Waals surface area contributed by atoms with Gasteiger partial charge in [-0.3, -0.25) is 0 Å². The number of carbonyl (C=O) groups excluding carboxylic acids is 3. The molecule has 10 nitrogen and oxygen atoms in total. The number of benzene rings is 1. The van der Waals surface area contributed by atoms with E-state index >= 15 is 0 Å². The zero-order valence-corrected chi connectivity index (χ0v) is 22.9. The van der Waals surface area contributed by atoms with Crippen LogP contribution in [0.1, 0.15) is 68.7 Å². The standard InChI is InChI=1S/C28H37N5O5/c1-6-38-25(35)24-22-15-32(12-11-23(22)33(31-24)20-7-9-21(37-5)10-8-20)26(36)29-17-28(4)14-19(30-18-34)13-27(2,3)16-28/h7-10,19H,6,11-17H2,1-5H3,(H,29,36). The average Bonchev–Trinajstić information content (AvgIpc) is 3.25. The smallest absolute Gasteiger partial charge is 0.359 e. The molecule has 38 heavy (non-hydrogen) atoms. The van der Waals surface area contributed by atoms with E-state index in [1.807, 2.05) is 24.3 Å².